The van der Waals surface area contributed by atoms with Gasteiger partial charge in [-0.05, 0) is 49.1 Å². The van der Waals surface area contributed by atoms with E-state index in [1.165, 1.54) is 12.0 Å². The minimum Gasteiger partial charge on any atom is -0.312 e. The van der Waals surface area contributed by atoms with Crippen molar-refractivity contribution >= 4 is 11.6 Å². The molecule has 1 heterocycles. The van der Waals surface area contributed by atoms with Crippen molar-refractivity contribution in [2.45, 2.75) is 25.7 Å². The monoisotopic (exact) mass is 253 g/mol. The second-order valence-electron chi connectivity index (χ2n) is 6.11. The molecule has 1 aromatic rings. The highest BCUT2D eigenvalue weighted by Gasteiger charge is 2.42. The summed E-state index contributed by atoms with van der Waals surface area (Å²) in [5.74, 6) is 1.77. The number of aryl methyl sites for hydroxylation is 1. The molecule has 1 aliphatic heterocycles. The third kappa shape index (κ3) is 1.73. The van der Waals surface area contributed by atoms with E-state index in [2.05, 4.69) is 35.3 Å². The van der Waals surface area contributed by atoms with E-state index in [1.54, 1.807) is 0 Å². The molecule has 3 aliphatic rings. The summed E-state index contributed by atoms with van der Waals surface area (Å²) in [6.45, 7) is 0.896. The van der Waals surface area contributed by atoms with Gasteiger partial charge in [0.25, 0.3) is 0 Å². The van der Waals surface area contributed by atoms with Crippen LogP contribution in [0.2, 0.25) is 0 Å². The third-order valence-corrected chi connectivity index (χ3v) is 4.97. The van der Waals surface area contributed by atoms with Crippen LogP contribution in [0.25, 0.3) is 0 Å². The second kappa shape index (κ2) is 4.22. The first kappa shape index (κ1) is 11.3. The number of rotatable bonds is 1. The molecule has 3 atom stereocenters. The maximum Gasteiger partial charge on any atom is 0.230 e. The van der Waals surface area contributed by atoms with Crippen molar-refractivity contribution < 1.29 is 4.79 Å². The quantitative estimate of drug-likeness (QED) is 0.704. The van der Waals surface area contributed by atoms with Crippen LogP contribution in [0.1, 0.15) is 24.8 Å². The predicted octanol–water partition coefficient (Wildman–Crippen LogP) is 3.18. The molecule has 0 saturated heterocycles. The van der Waals surface area contributed by atoms with Crippen LogP contribution in [0.5, 0.6) is 0 Å². The van der Waals surface area contributed by atoms with Gasteiger partial charge in [-0.2, -0.15) is 0 Å². The number of para-hydroxylation sites is 1. The van der Waals surface area contributed by atoms with Gasteiger partial charge in [-0.25, -0.2) is 0 Å². The summed E-state index contributed by atoms with van der Waals surface area (Å²) in [6, 6.07) is 8.39. The third-order valence-electron chi connectivity index (χ3n) is 4.97. The lowest BCUT2D eigenvalue weighted by Crippen LogP contribution is -2.40. The average molecular weight is 253 g/mol. The first-order valence-electron chi connectivity index (χ1n) is 7.40. The van der Waals surface area contributed by atoms with E-state index >= 15 is 0 Å². The maximum absolute atomic E-state index is 12.8. The molecule has 4 rings (SSSR count). The molecule has 0 spiro atoms. The van der Waals surface area contributed by atoms with Crippen LogP contribution in [0, 0.1) is 17.8 Å². The van der Waals surface area contributed by atoms with Gasteiger partial charge >= 0.3 is 0 Å². The number of carbonyl (C=O) groups is 1. The lowest BCUT2D eigenvalue weighted by atomic mass is 9.90. The first-order valence-corrected chi connectivity index (χ1v) is 7.40. The van der Waals surface area contributed by atoms with Crippen LogP contribution in [-0.2, 0) is 11.2 Å². The summed E-state index contributed by atoms with van der Waals surface area (Å²) in [5.41, 5.74) is 2.49. The fourth-order valence-corrected chi connectivity index (χ4v) is 4.03. The first-order chi connectivity index (χ1) is 9.33. The van der Waals surface area contributed by atoms with Crippen molar-refractivity contribution in [3.63, 3.8) is 0 Å². The van der Waals surface area contributed by atoms with E-state index in [-0.39, 0.29) is 5.92 Å². The Kier molecular flexibility index (Phi) is 2.51. The van der Waals surface area contributed by atoms with Crippen LogP contribution >= 0.6 is 0 Å². The van der Waals surface area contributed by atoms with E-state index in [9.17, 15) is 4.79 Å². The Morgan fingerprint density at radius 3 is 2.84 bits per heavy atom. The maximum atomic E-state index is 12.8. The molecule has 0 unspecified atom stereocenters. The summed E-state index contributed by atoms with van der Waals surface area (Å²) < 4.78 is 0. The molecule has 1 aromatic carbocycles. The molecule has 0 aromatic heterocycles. The van der Waals surface area contributed by atoms with Gasteiger partial charge in [0.15, 0.2) is 0 Å². The van der Waals surface area contributed by atoms with E-state index < -0.39 is 0 Å². The summed E-state index contributed by atoms with van der Waals surface area (Å²) >= 11 is 0. The number of amides is 1. The fourth-order valence-electron chi connectivity index (χ4n) is 4.03. The van der Waals surface area contributed by atoms with Crippen molar-refractivity contribution in [1.82, 2.24) is 0 Å². The Morgan fingerprint density at radius 1 is 1.16 bits per heavy atom. The number of allylic oxidation sites excluding steroid dienone is 2. The van der Waals surface area contributed by atoms with Gasteiger partial charge in [0.2, 0.25) is 5.91 Å². The zero-order chi connectivity index (χ0) is 12.8. The summed E-state index contributed by atoms with van der Waals surface area (Å²) in [6.07, 6.45) is 9.05. The molecule has 1 fully saturated rings. The van der Waals surface area contributed by atoms with Crippen LogP contribution < -0.4 is 4.90 Å². The molecule has 98 valence electrons. The predicted molar refractivity (Wildman–Crippen MR) is 76.0 cm³/mol. The lowest BCUT2D eigenvalue weighted by molar-refractivity contribution is -0.123. The Bertz CT molecular complexity index is 548. The highest BCUT2D eigenvalue weighted by molar-refractivity contribution is 5.96. The van der Waals surface area contributed by atoms with Crippen LogP contribution in [0.4, 0.5) is 5.69 Å². The Hall–Kier alpha value is -1.57. The molecular formula is C17H19NO. The Labute approximate surface area is 114 Å². The zero-order valence-electron chi connectivity index (χ0n) is 11.1. The van der Waals surface area contributed by atoms with Crippen LogP contribution in [-0.4, -0.2) is 12.5 Å². The number of hydrogen-bond donors (Lipinski definition) is 0. The summed E-state index contributed by atoms with van der Waals surface area (Å²) in [4.78, 5) is 14.9. The second-order valence-corrected chi connectivity index (χ2v) is 6.11. The molecule has 2 bridgehead atoms. The Morgan fingerprint density at radius 2 is 2.05 bits per heavy atom. The molecule has 1 amide bonds. The van der Waals surface area contributed by atoms with E-state index in [0.717, 1.165) is 31.5 Å². The van der Waals surface area contributed by atoms with Crippen LogP contribution in [0.15, 0.2) is 36.4 Å². The SMILES string of the molecule is O=C([C@@H]1C[C@@H]2C=C[C@H]1C2)N1CCCc2ccccc21. The lowest BCUT2D eigenvalue weighted by Gasteiger charge is -2.33. The summed E-state index contributed by atoms with van der Waals surface area (Å²) in [5, 5.41) is 0. The minimum absolute atomic E-state index is 0.237. The molecule has 19 heavy (non-hydrogen) atoms. The molecule has 1 saturated carbocycles. The van der Waals surface area contributed by atoms with Gasteiger partial charge in [0.1, 0.15) is 0 Å². The number of benzene rings is 1. The van der Waals surface area contributed by atoms with Gasteiger partial charge in [0, 0.05) is 18.2 Å². The molecule has 2 aliphatic carbocycles. The van der Waals surface area contributed by atoms with Crippen molar-refractivity contribution in [2.24, 2.45) is 17.8 Å². The number of hydrogen-bond acceptors (Lipinski definition) is 1. The van der Waals surface area contributed by atoms with Gasteiger partial charge in [0.05, 0.1) is 0 Å². The van der Waals surface area contributed by atoms with Crippen molar-refractivity contribution in [1.29, 1.82) is 0 Å². The van der Waals surface area contributed by atoms with E-state index in [1.807, 2.05) is 6.07 Å². The topological polar surface area (TPSA) is 20.3 Å². The van der Waals surface area contributed by atoms with E-state index in [0.29, 0.717) is 17.7 Å². The number of nitrogens with zero attached hydrogens (tertiary/aromatic N) is 1. The molecule has 0 radical (unpaired) electrons. The molecule has 2 nitrogen and oxygen atoms in total. The largest absolute Gasteiger partial charge is 0.312 e. The average Bonchev–Trinajstić information content (AvgIpc) is 3.08. The number of anilines is 1. The van der Waals surface area contributed by atoms with E-state index in [4.69, 9.17) is 0 Å². The van der Waals surface area contributed by atoms with Crippen molar-refractivity contribution in [3.05, 3.63) is 42.0 Å². The van der Waals surface area contributed by atoms with Gasteiger partial charge in [-0.3, -0.25) is 4.79 Å². The van der Waals surface area contributed by atoms with Gasteiger partial charge < -0.3 is 4.90 Å². The van der Waals surface area contributed by atoms with Crippen LogP contribution in [0.3, 0.4) is 0 Å². The fraction of sp³-hybridized carbons (Fsp3) is 0.471. The number of carbonyl (C=O) groups excluding carboxylic acids is 1. The van der Waals surface area contributed by atoms with Crippen molar-refractivity contribution in [2.75, 3.05) is 11.4 Å². The Balaban J connectivity index is 1.63. The number of fused-ring (bicyclic) bond motifs is 3. The zero-order valence-corrected chi connectivity index (χ0v) is 11.1. The molecule has 2 heteroatoms. The van der Waals surface area contributed by atoms with Gasteiger partial charge in [-0.1, -0.05) is 30.4 Å². The highest BCUT2D eigenvalue weighted by atomic mass is 16.2. The normalized spacial score (nSPS) is 31.6. The standard InChI is InChI=1S/C17H19NO/c19-17(15-11-12-7-8-14(15)10-12)18-9-3-5-13-4-1-2-6-16(13)18/h1-2,4,6-8,12,14-15H,3,5,9-11H2/t12-,14+,15-/m1/s1. The smallest absolute Gasteiger partial charge is 0.230 e. The molecule has 0 N–H and O–H groups in total. The highest BCUT2D eigenvalue weighted by Crippen LogP contribution is 2.45. The minimum atomic E-state index is 0.237. The van der Waals surface area contributed by atoms with Gasteiger partial charge in [-0.15, -0.1) is 0 Å². The summed E-state index contributed by atoms with van der Waals surface area (Å²) in [7, 11) is 0. The van der Waals surface area contributed by atoms with Crippen molar-refractivity contribution in [3.8, 4) is 0 Å². The molecular weight excluding hydrogens is 234 g/mol.